The SMILES string of the molecule is O=C(O)C(F)(F)c1cccc2sc(Cl)nc12. The van der Waals surface area contributed by atoms with Crippen molar-refractivity contribution in [2.75, 3.05) is 0 Å². The largest absolute Gasteiger partial charge is 0.477 e. The molecule has 0 aliphatic heterocycles. The van der Waals surface area contributed by atoms with Crippen molar-refractivity contribution in [1.82, 2.24) is 4.98 Å². The molecule has 0 fully saturated rings. The Labute approximate surface area is 97.3 Å². The fourth-order valence-electron chi connectivity index (χ4n) is 1.29. The van der Waals surface area contributed by atoms with Gasteiger partial charge in [0, 0.05) is 0 Å². The number of halogens is 3. The van der Waals surface area contributed by atoms with E-state index in [1.165, 1.54) is 6.07 Å². The summed E-state index contributed by atoms with van der Waals surface area (Å²) in [5, 5.41) is 8.45. The first-order valence-corrected chi connectivity index (χ1v) is 5.29. The van der Waals surface area contributed by atoms with Crippen LogP contribution >= 0.6 is 22.9 Å². The van der Waals surface area contributed by atoms with Crippen LogP contribution in [0.2, 0.25) is 4.47 Å². The van der Waals surface area contributed by atoms with Gasteiger partial charge in [-0.25, -0.2) is 9.78 Å². The Hall–Kier alpha value is -1.27. The van der Waals surface area contributed by atoms with Gasteiger partial charge in [0.05, 0.1) is 15.8 Å². The van der Waals surface area contributed by atoms with Crippen LogP contribution in [0, 0.1) is 0 Å². The van der Waals surface area contributed by atoms with E-state index in [1.54, 1.807) is 6.07 Å². The standard InChI is InChI=1S/C9H4ClF2NO2S/c10-8-13-6-4(9(11,12)7(14)15)2-1-3-5(6)16-8/h1-3H,(H,14,15). The lowest BCUT2D eigenvalue weighted by Gasteiger charge is -2.11. The molecule has 1 aromatic carbocycles. The summed E-state index contributed by atoms with van der Waals surface area (Å²) in [4.78, 5) is 14.2. The third-order valence-electron chi connectivity index (χ3n) is 2.00. The summed E-state index contributed by atoms with van der Waals surface area (Å²) in [6.45, 7) is 0. The lowest BCUT2D eigenvalue weighted by molar-refractivity contribution is -0.166. The first-order chi connectivity index (χ1) is 7.43. The minimum atomic E-state index is -3.96. The van der Waals surface area contributed by atoms with Gasteiger partial charge in [0.15, 0.2) is 4.47 Å². The number of aliphatic carboxylic acids is 1. The Bertz CT molecular complexity index is 570. The topological polar surface area (TPSA) is 50.2 Å². The van der Waals surface area contributed by atoms with E-state index in [1.807, 2.05) is 0 Å². The molecule has 0 aliphatic rings. The van der Waals surface area contributed by atoms with Crippen LogP contribution in [0.1, 0.15) is 5.56 Å². The number of thiazole rings is 1. The molecule has 2 rings (SSSR count). The number of carboxylic acids is 1. The molecule has 0 saturated carbocycles. The van der Waals surface area contributed by atoms with Gasteiger partial charge in [-0.2, -0.15) is 8.78 Å². The van der Waals surface area contributed by atoms with Crippen molar-refractivity contribution in [3.05, 3.63) is 28.2 Å². The molecule has 1 heterocycles. The molecule has 0 spiro atoms. The number of fused-ring (bicyclic) bond motifs is 1. The van der Waals surface area contributed by atoms with Crippen molar-refractivity contribution in [3.8, 4) is 0 Å². The zero-order valence-electron chi connectivity index (χ0n) is 7.58. The highest BCUT2D eigenvalue weighted by Crippen LogP contribution is 2.36. The summed E-state index contributed by atoms with van der Waals surface area (Å²) in [6, 6.07) is 3.94. The maximum atomic E-state index is 13.3. The van der Waals surface area contributed by atoms with Crippen LogP contribution in [0.4, 0.5) is 8.78 Å². The number of rotatable bonds is 2. The van der Waals surface area contributed by atoms with Gasteiger partial charge in [-0.3, -0.25) is 0 Å². The van der Waals surface area contributed by atoms with Crippen LogP contribution in [0.5, 0.6) is 0 Å². The normalized spacial score (nSPS) is 11.9. The van der Waals surface area contributed by atoms with Gasteiger partial charge in [-0.1, -0.05) is 23.7 Å². The highest BCUT2D eigenvalue weighted by atomic mass is 35.5. The third kappa shape index (κ3) is 1.64. The maximum Gasteiger partial charge on any atom is 0.379 e. The molecule has 1 N–H and O–H groups in total. The third-order valence-corrected chi connectivity index (χ3v) is 3.12. The number of carboxylic acid groups (broad SMARTS) is 1. The van der Waals surface area contributed by atoms with Gasteiger partial charge in [-0.05, 0) is 6.07 Å². The van der Waals surface area contributed by atoms with Crippen LogP contribution in [0.3, 0.4) is 0 Å². The zero-order valence-corrected chi connectivity index (χ0v) is 9.15. The molecule has 3 nitrogen and oxygen atoms in total. The number of benzene rings is 1. The van der Waals surface area contributed by atoms with Gasteiger partial charge in [0.2, 0.25) is 0 Å². The lowest BCUT2D eigenvalue weighted by Crippen LogP contribution is -2.25. The van der Waals surface area contributed by atoms with E-state index in [2.05, 4.69) is 4.98 Å². The fraction of sp³-hybridized carbons (Fsp3) is 0.111. The number of para-hydroxylation sites is 1. The molecule has 0 unspecified atom stereocenters. The van der Waals surface area contributed by atoms with Crippen molar-refractivity contribution >= 4 is 39.1 Å². The summed E-state index contributed by atoms with van der Waals surface area (Å²) in [5.41, 5.74) is -0.703. The molecule has 0 saturated heterocycles. The van der Waals surface area contributed by atoms with Crippen molar-refractivity contribution in [2.24, 2.45) is 0 Å². The quantitative estimate of drug-likeness (QED) is 0.906. The average Bonchev–Trinajstić information content (AvgIpc) is 2.56. The maximum absolute atomic E-state index is 13.3. The summed E-state index contributed by atoms with van der Waals surface area (Å²) in [7, 11) is 0. The second-order valence-electron chi connectivity index (χ2n) is 3.00. The Morgan fingerprint density at radius 3 is 2.81 bits per heavy atom. The van der Waals surface area contributed by atoms with E-state index >= 15 is 0 Å². The van der Waals surface area contributed by atoms with E-state index in [0.717, 1.165) is 17.4 Å². The van der Waals surface area contributed by atoms with E-state index < -0.39 is 17.5 Å². The van der Waals surface area contributed by atoms with Crippen LogP contribution in [0.15, 0.2) is 18.2 Å². The number of carbonyl (C=O) groups is 1. The Morgan fingerprint density at radius 1 is 1.50 bits per heavy atom. The van der Waals surface area contributed by atoms with E-state index in [0.29, 0.717) is 4.70 Å². The van der Waals surface area contributed by atoms with Gasteiger partial charge < -0.3 is 5.11 Å². The molecular weight excluding hydrogens is 260 g/mol. The van der Waals surface area contributed by atoms with Crippen LogP contribution in [-0.4, -0.2) is 16.1 Å². The molecule has 84 valence electrons. The number of alkyl halides is 2. The second kappa shape index (κ2) is 3.64. The number of nitrogens with zero attached hydrogens (tertiary/aromatic N) is 1. The molecule has 1 aromatic heterocycles. The number of hydrogen-bond acceptors (Lipinski definition) is 3. The van der Waals surface area contributed by atoms with Crippen molar-refractivity contribution in [3.63, 3.8) is 0 Å². The predicted octanol–water partition coefficient (Wildman–Crippen LogP) is 3.13. The molecular formula is C9H4ClF2NO2S. The minimum Gasteiger partial charge on any atom is -0.477 e. The molecule has 7 heteroatoms. The van der Waals surface area contributed by atoms with Crippen molar-refractivity contribution in [1.29, 1.82) is 0 Å². The second-order valence-corrected chi connectivity index (χ2v) is 4.61. The van der Waals surface area contributed by atoms with Crippen molar-refractivity contribution < 1.29 is 18.7 Å². The van der Waals surface area contributed by atoms with Gasteiger partial charge in [0.25, 0.3) is 0 Å². The minimum absolute atomic E-state index is 0.0649. The first-order valence-electron chi connectivity index (χ1n) is 4.09. The summed E-state index contributed by atoms with van der Waals surface area (Å²) in [5.74, 6) is -6.17. The Kier molecular flexibility index (Phi) is 2.55. The molecule has 0 bridgehead atoms. The Balaban J connectivity index is 2.73. The predicted molar refractivity (Wildman–Crippen MR) is 56.2 cm³/mol. The van der Waals surface area contributed by atoms with E-state index in [4.69, 9.17) is 16.7 Å². The highest BCUT2D eigenvalue weighted by molar-refractivity contribution is 7.22. The average molecular weight is 264 g/mol. The van der Waals surface area contributed by atoms with Gasteiger partial charge in [-0.15, -0.1) is 11.3 Å². The monoisotopic (exact) mass is 263 g/mol. The van der Waals surface area contributed by atoms with Gasteiger partial charge >= 0.3 is 11.9 Å². The lowest BCUT2D eigenvalue weighted by atomic mass is 10.1. The van der Waals surface area contributed by atoms with Gasteiger partial charge in [0.1, 0.15) is 0 Å². The molecule has 16 heavy (non-hydrogen) atoms. The van der Waals surface area contributed by atoms with E-state index in [-0.39, 0.29) is 9.98 Å². The van der Waals surface area contributed by atoms with Crippen molar-refractivity contribution in [2.45, 2.75) is 5.92 Å². The summed E-state index contributed by atoms with van der Waals surface area (Å²) in [6.07, 6.45) is 0. The molecule has 2 aromatic rings. The van der Waals surface area contributed by atoms with E-state index in [9.17, 15) is 13.6 Å². The Morgan fingerprint density at radius 2 is 2.19 bits per heavy atom. The highest BCUT2D eigenvalue weighted by Gasteiger charge is 2.43. The van der Waals surface area contributed by atoms with Crippen LogP contribution in [0.25, 0.3) is 10.2 Å². The van der Waals surface area contributed by atoms with Crippen LogP contribution < -0.4 is 0 Å². The zero-order chi connectivity index (χ0) is 11.9. The fourth-order valence-corrected chi connectivity index (χ4v) is 2.34. The molecule has 0 amide bonds. The molecule has 0 atom stereocenters. The smallest absolute Gasteiger partial charge is 0.379 e. The summed E-state index contributed by atoms with van der Waals surface area (Å²) >= 11 is 6.62. The number of aromatic nitrogens is 1. The number of hydrogen-bond donors (Lipinski definition) is 1. The van der Waals surface area contributed by atoms with Crippen LogP contribution in [-0.2, 0) is 10.7 Å². The summed E-state index contributed by atoms with van der Waals surface area (Å²) < 4.78 is 27.2. The first kappa shape index (κ1) is 11.2. The molecule has 0 radical (unpaired) electrons. The molecule has 0 aliphatic carbocycles.